The van der Waals surface area contributed by atoms with E-state index in [4.69, 9.17) is 30.5 Å². The molecule has 0 aliphatic carbocycles. The van der Waals surface area contributed by atoms with Gasteiger partial charge in [0.25, 0.3) is 5.91 Å². The Labute approximate surface area is 218 Å². The molecule has 0 unspecified atom stereocenters. The van der Waals surface area contributed by atoms with Gasteiger partial charge >= 0.3 is 0 Å². The van der Waals surface area contributed by atoms with Crippen molar-refractivity contribution >= 4 is 39.7 Å². The van der Waals surface area contributed by atoms with Crippen LogP contribution in [0.15, 0.2) is 64.2 Å². The van der Waals surface area contributed by atoms with Crippen molar-refractivity contribution in [1.82, 2.24) is 5.43 Å². The van der Waals surface area contributed by atoms with Crippen molar-refractivity contribution in [1.29, 1.82) is 0 Å². The van der Waals surface area contributed by atoms with Gasteiger partial charge in [-0.05, 0) is 67.4 Å². The first-order valence-electron chi connectivity index (χ1n) is 10.9. The molecule has 0 aliphatic heterocycles. The molecule has 3 aromatic rings. The predicted octanol–water partition coefficient (Wildman–Crippen LogP) is 6.25. The molecule has 3 aromatic carbocycles. The summed E-state index contributed by atoms with van der Waals surface area (Å²) in [7, 11) is 1.52. The normalized spacial score (nSPS) is 10.8. The number of halogens is 2. The quantitative estimate of drug-likeness (QED) is 0.221. The number of amides is 1. The van der Waals surface area contributed by atoms with Crippen molar-refractivity contribution in [3.63, 3.8) is 0 Å². The number of carbonyl (C=O) groups excluding carboxylic acids is 1. The molecule has 0 fully saturated rings. The molecule has 0 bridgehead atoms. The average molecular weight is 562 g/mol. The molecule has 0 spiro atoms. The molecule has 0 aliphatic rings. The predicted molar refractivity (Wildman–Crippen MR) is 140 cm³/mol. The lowest BCUT2D eigenvalue weighted by molar-refractivity contribution is 0.0954. The van der Waals surface area contributed by atoms with Crippen LogP contribution in [0.5, 0.6) is 23.0 Å². The lowest BCUT2D eigenvalue weighted by Crippen LogP contribution is -2.17. The van der Waals surface area contributed by atoms with E-state index in [9.17, 15) is 4.79 Å². The molecule has 184 valence electrons. The Morgan fingerprint density at radius 1 is 0.971 bits per heavy atom. The summed E-state index contributed by atoms with van der Waals surface area (Å²) >= 11 is 9.91. The summed E-state index contributed by atoms with van der Waals surface area (Å²) in [5.74, 6) is 1.57. The van der Waals surface area contributed by atoms with E-state index < -0.39 is 5.91 Å². The third kappa shape index (κ3) is 7.37. The number of methoxy groups -OCH3 is 1. The third-order valence-corrected chi connectivity index (χ3v) is 5.54. The first-order chi connectivity index (χ1) is 16.9. The maximum absolute atomic E-state index is 12.5. The standard InChI is InChI=1S/C26H26BrClN2O5/c1-4-33-22-11-8-19(14-23(22)32-3)26(31)30-29-15-18-12-21(28)25(24(13-18)34-5-2)35-16-17-6-9-20(27)10-7-17/h6-15H,4-5,16H2,1-3H3,(H,30,31)/b29-15+. The molecule has 35 heavy (non-hydrogen) atoms. The van der Waals surface area contributed by atoms with Gasteiger partial charge in [0.15, 0.2) is 23.0 Å². The second-order valence-electron chi connectivity index (χ2n) is 7.18. The maximum atomic E-state index is 12.5. The molecule has 1 N–H and O–H groups in total. The summed E-state index contributed by atoms with van der Waals surface area (Å²) in [4.78, 5) is 12.5. The van der Waals surface area contributed by atoms with E-state index in [-0.39, 0.29) is 0 Å². The largest absolute Gasteiger partial charge is 0.493 e. The van der Waals surface area contributed by atoms with Gasteiger partial charge in [0.05, 0.1) is 31.6 Å². The van der Waals surface area contributed by atoms with Crippen LogP contribution in [0.25, 0.3) is 0 Å². The van der Waals surface area contributed by atoms with Crippen LogP contribution in [0.2, 0.25) is 5.02 Å². The maximum Gasteiger partial charge on any atom is 0.271 e. The molecule has 0 saturated heterocycles. The Morgan fingerprint density at radius 3 is 2.37 bits per heavy atom. The minimum absolute atomic E-state index is 0.335. The van der Waals surface area contributed by atoms with Crippen LogP contribution in [-0.2, 0) is 6.61 Å². The van der Waals surface area contributed by atoms with E-state index in [1.807, 2.05) is 38.1 Å². The van der Waals surface area contributed by atoms with Crippen molar-refractivity contribution in [3.05, 3.63) is 80.8 Å². The fraction of sp³-hybridized carbons (Fsp3) is 0.231. The Bertz CT molecular complexity index is 1190. The first kappa shape index (κ1) is 26.4. The van der Waals surface area contributed by atoms with Crippen LogP contribution in [0.1, 0.15) is 35.3 Å². The minimum atomic E-state index is -0.395. The summed E-state index contributed by atoms with van der Waals surface area (Å²) in [5.41, 5.74) is 4.51. The third-order valence-electron chi connectivity index (χ3n) is 4.73. The van der Waals surface area contributed by atoms with Gasteiger partial charge in [0.2, 0.25) is 0 Å². The van der Waals surface area contributed by atoms with E-state index in [0.717, 1.165) is 10.0 Å². The molecule has 0 atom stereocenters. The molecule has 0 radical (unpaired) electrons. The zero-order valence-corrected chi connectivity index (χ0v) is 22.0. The Balaban J connectivity index is 1.70. The molecule has 7 nitrogen and oxygen atoms in total. The number of hydrazone groups is 1. The van der Waals surface area contributed by atoms with Crippen molar-refractivity contribution in [2.75, 3.05) is 20.3 Å². The summed E-state index contributed by atoms with van der Waals surface area (Å²) in [6.45, 7) is 5.01. The summed E-state index contributed by atoms with van der Waals surface area (Å²) in [5, 5.41) is 4.42. The minimum Gasteiger partial charge on any atom is -0.493 e. The second-order valence-corrected chi connectivity index (χ2v) is 8.50. The molecule has 3 rings (SSSR count). The molecular formula is C26H26BrClN2O5. The van der Waals surface area contributed by atoms with Gasteiger partial charge < -0.3 is 18.9 Å². The van der Waals surface area contributed by atoms with Gasteiger partial charge in [-0.15, -0.1) is 0 Å². The first-order valence-corrected chi connectivity index (χ1v) is 12.1. The van der Waals surface area contributed by atoms with Crippen LogP contribution in [0.4, 0.5) is 0 Å². The van der Waals surface area contributed by atoms with Crippen molar-refractivity contribution in [3.8, 4) is 23.0 Å². The molecular weight excluding hydrogens is 536 g/mol. The lowest BCUT2D eigenvalue weighted by atomic mass is 10.2. The van der Waals surface area contributed by atoms with E-state index >= 15 is 0 Å². The van der Waals surface area contributed by atoms with Gasteiger partial charge in [0, 0.05) is 10.0 Å². The molecule has 0 heterocycles. The van der Waals surface area contributed by atoms with Gasteiger partial charge in [-0.25, -0.2) is 5.43 Å². The molecule has 0 aromatic heterocycles. The summed E-state index contributed by atoms with van der Waals surface area (Å²) < 4.78 is 23.4. The summed E-state index contributed by atoms with van der Waals surface area (Å²) in [6, 6.07) is 16.2. The van der Waals surface area contributed by atoms with Gasteiger partial charge in [-0.2, -0.15) is 5.10 Å². The van der Waals surface area contributed by atoms with Crippen LogP contribution < -0.4 is 24.4 Å². The number of ether oxygens (including phenoxy) is 4. The second kappa shape index (κ2) is 13.0. The smallest absolute Gasteiger partial charge is 0.271 e. The molecule has 1 amide bonds. The van der Waals surface area contributed by atoms with Crippen LogP contribution >= 0.6 is 27.5 Å². The van der Waals surface area contributed by atoms with Crippen molar-refractivity contribution < 1.29 is 23.7 Å². The van der Waals surface area contributed by atoms with E-state index in [0.29, 0.717) is 59.0 Å². The highest BCUT2D eigenvalue weighted by molar-refractivity contribution is 9.10. The van der Waals surface area contributed by atoms with E-state index in [1.54, 1.807) is 30.3 Å². The molecule has 9 heteroatoms. The summed E-state index contributed by atoms with van der Waals surface area (Å²) in [6.07, 6.45) is 1.48. The zero-order valence-electron chi connectivity index (χ0n) is 19.6. The number of nitrogens with zero attached hydrogens (tertiary/aromatic N) is 1. The Hall–Kier alpha value is -3.23. The number of hydrogen-bond donors (Lipinski definition) is 1. The highest BCUT2D eigenvalue weighted by Gasteiger charge is 2.13. The number of rotatable bonds is 11. The highest BCUT2D eigenvalue weighted by Crippen LogP contribution is 2.37. The van der Waals surface area contributed by atoms with Crippen LogP contribution in [0.3, 0.4) is 0 Å². The number of hydrogen-bond acceptors (Lipinski definition) is 6. The van der Waals surface area contributed by atoms with Crippen molar-refractivity contribution in [2.24, 2.45) is 5.10 Å². The SMILES string of the molecule is CCOc1ccc(C(=O)N/N=C/c2cc(Cl)c(OCc3ccc(Br)cc3)c(OCC)c2)cc1OC. The molecule has 0 saturated carbocycles. The number of nitrogens with one attached hydrogen (secondary N) is 1. The lowest BCUT2D eigenvalue weighted by Gasteiger charge is -2.14. The van der Waals surface area contributed by atoms with Crippen molar-refractivity contribution in [2.45, 2.75) is 20.5 Å². The average Bonchev–Trinajstić information content (AvgIpc) is 2.85. The fourth-order valence-electron chi connectivity index (χ4n) is 3.12. The topological polar surface area (TPSA) is 78.4 Å². The van der Waals surface area contributed by atoms with E-state index in [1.165, 1.54) is 13.3 Å². The van der Waals surface area contributed by atoms with Gasteiger partial charge in [-0.3, -0.25) is 4.79 Å². The number of benzene rings is 3. The Morgan fingerprint density at radius 2 is 1.69 bits per heavy atom. The monoisotopic (exact) mass is 560 g/mol. The fourth-order valence-corrected chi connectivity index (χ4v) is 3.65. The van der Waals surface area contributed by atoms with Crippen LogP contribution in [-0.4, -0.2) is 32.4 Å². The van der Waals surface area contributed by atoms with Gasteiger partial charge in [-0.1, -0.05) is 39.7 Å². The van der Waals surface area contributed by atoms with Gasteiger partial charge in [0.1, 0.15) is 6.61 Å². The van der Waals surface area contributed by atoms with Crippen LogP contribution in [0, 0.1) is 0 Å². The van der Waals surface area contributed by atoms with E-state index in [2.05, 4.69) is 26.5 Å². The Kier molecular flexibility index (Phi) is 9.81. The number of carbonyl (C=O) groups is 1. The zero-order chi connectivity index (χ0) is 25.2. The highest BCUT2D eigenvalue weighted by atomic mass is 79.9.